The molecule has 14 rings (SSSR count). The summed E-state index contributed by atoms with van der Waals surface area (Å²) in [6.07, 6.45) is -5.63. The summed E-state index contributed by atoms with van der Waals surface area (Å²) >= 11 is 0. The van der Waals surface area contributed by atoms with Gasteiger partial charge in [-0.05, 0) is 0 Å². The van der Waals surface area contributed by atoms with Crippen LogP contribution in [0.1, 0.15) is 22.3 Å². The van der Waals surface area contributed by atoms with Crippen LogP contribution in [0.15, 0.2) is 117 Å². The maximum atomic E-state index is 15.4. The first kappa shape index (κ1) is 31.2. The van der Waals surface area contributed by atoms with Crippen molar-refractivity contribution in [3.05, 3.63) is 119 Å². The Hall–Kier alpha value is -1.94. The molecule has 4 aromatic carbocycles. The van der Waals surface area contributed by atoms with Crippen molar-refractivity contribution in [2.45, 2.75) is 93.9 Å². The molecule has 0 aliphatic carbocycles. The SMILES string of the molecule is Cc1ccc(S(=O)(=O)P([C]23[CH]4[CH]5[CH]6[CH]2[Fe]56432789[CH]3[CH]2[CH]7[C]8(P(S(=O)(=O)c2ccc(C)cc2)S(=O)(=O)c2ccc(C)cc2)[CH]39)S(=O)(=O)c2ccc(C)cc2)cc1. The van der Waals surface area contributed by atoms with E-state index in [4.69, 9.17) is 0 Å². The van der Waals surface area contributed by atoms with Gasteiger partial charge in [-0.25, -0.2) is 0 Å². The first-order chi connectivity index (χ1) is 24.7. The van der Waals surface area contributed by atoms with Crippen LogP contribution in [0.4, 0.5) is 0 Å². The summed E-state index contributed by atoms with van der Waals surface area (Å²) in [5.74, 6) is 0. The van der Waals surface area contributed by atoms with Crippen molar-refractivity contribution in [3.8, 4) is 0 Å². The van der Waals surface area contributed by atoms with E-state index in [1.165, 1.54) is 48.5 Å². The molecule has 0 amide bonds. The first-order valence-electron chi connectivity index (χ1n) is 17.8. The van der Waals surface area contributed by atoms with Crippen molar-refractivity contribution >= 4 is 50.5 Å². The summed E-state index contributed by atoms with van der Waals surface area (Å²) in [6, 6.07) is 25.7. The van der Waals surface area contributed by atoms with E-state index in [1.54, 1.807) is 48.5 Å². The minimum absolute atomic E-state index is 0.0169. The zero-order valence-electron chi connectivity index (χ0n) is 29.0. The Morgan fingerprint density at radius 3 is 0.736 bits per heavy atom. The fraction of sp³-hybridized carbons (Fsp3) is 0.368. The third-order valence-corrected chi connectivity index (χ3v) is 100. The molecule has 278 valence electrons. The first-order valence-corrected chi connectivity index (χ1v) is 35.0. The van der Waals surface area contributed by atoms with E-state index in [9.17, 15) is 0 Å². The normalized spacial score (nSPS) is 48.9. The fourth-order valence-corrected chi connectivity index (χ4v) is 167. The molecule has 8 atom stereocenters. The molecule has 0 saturated carbocycles. The topological polar surface area (TPSA) is 137 Å². The van der Waals surface area contributed by atoms with Gasteiger partial charge in [-0.15, -0.1) is 0 Å². The van der Waals surface area contributed by atoms with Gasteiger partial charge < -0.3 is 0 Å². The average Bonchev–Trinajstić information content (AvgIpc) is 4.05. The summed E-state index contributed by atoms with van der Waals surface area (Å²) in [4.78, 5) is 0.234. The minimum atomic E-state index is -5.76. The number of benzene rings is 4. The second kappa shape index (κ2) is 5.42. The molecule has 0 aromatic heterocycles. The molecule has 0 N–H and O–H groups in total. The van der Waals surface area contributed by atoms with Crippen molar-refractivity contribution in [2.24, 2.45) is 0 Å². The Bertz CT molecular complexity index is 3000. The third kappa shape index (κ3) is 1.10. The van der Waals surface area contributed by atoms with Gasteiger partial charge in [0.25, 0.3) is 0 Å². The van der Waals surface area contributed by atoms with Crippen LogP contribution in [0.2, 0.25) is 38.5 Å². The van der Waals surface area contributed by atoms with Crippen molar-refractivity contribution in [3.63, 3.8) is 0 Å². The van der Waals surface area contributed by atoms with Gasteiger partial charge in [-0.2, -0.15) is 0 Å². The maximum absolute atomic E-state index is 15.4. The number of fused-ring (bicyclic) bond motifs is 10. The molecule has 10 aliphatic rings. The Morgan fingerprint density at radius 2 is 0.566 bits per heavy atom. The van der Waals surface area contributed by atoms with Crippen LogP contribution in [0.5, 0.6) is 0 Å². The third-order valence-electron chi connectivity index (χ3n) is 21.4. The van der Waals surface area contributed by atoms with Crippen molar-refractivity contribution in [1.29, 1.82) is 0 Å². The fourth-order valence-electron chi connectivity index (χ4n) is 21.5. The summed E-state index contributed by atoms with van der Waals surface area (Å²) in [6.45, 7) is 1.64. The second-order valence-corrected chi connectivity index (χ2v) is 63.1. The summed E-state index contributed by atoms with van der Waals surface area (Å²) in [5.41, 5.74) is 3.39. The van der Waals surface area contributed by atoms with E-state index in [0.29, 0.717) is 0 Å². The van der Waals surface area contributed by atoms with Crippen LogP contribution in [-0.2, 0) is 44.3 Å². The van der Waals surface area contributed by atoms with E-state index in [0.717, 1.165) is 22.3 Å². The molecule has 1 spiro atoms. The second-order valence-electron chi connectivity index (χ2n) is 19.4. The van der Waals surface area contributed by atoms with E-state index in [-0.39, 0.29) is 58.1 Å². The van der Waals surface area contributed by atoms with E-state index in [2.05, 4.69) is 0 Å². The Kier molecular flexibility index (Phi) is 3.19. The quantitative estimate of drug-likeness (QED) is 0.114. The van der Waals surface area contributed by atoms with E-state index < -0.39 is 65.1 Å². The van der Waals surface area contributed by atoms with Gasteiger partial charge in [0.2, 0.25) is 0 Å². The van der Waals surface area contributed by atoms with Crippen LogP contribution < -0.4 is 0 Å². The van der Waals surface area contributed by atoms with Crippen molar-refractivity contribution in [1.82, 2.24) is 0 Å². The molecule has 10 saturated heterocycles. The van der Waals surface area contributed by atoms with Gasteiger partial charge in [0.05, 0.1) is 0 Å². The monoisotopic (exact) mass is 866 g/mol. The molecular weight excluding hydrogens is 830 g/mol. The molecular formula is C38H36FeO8P2S4. The van der Waals surface area contributed by atoms with Gasteiger partial charge in [0, 0.05) is 0 Å². The Balaban J connectivity index is 1.06. The van der Waals surface area contributed by atoms with Crippen molar-refractivity contribution in [2.75, 3.05) is 0 Å². The summed E-state index contributed by atoms with van der Waals surface area (Å²) in [5, 5.41) is 0. The average molecular weight is 867 g/mol. The number of hydrogen-bond donors (Lipinski definition) is 0. The zero-order chi connectivity index (χ0) is 37.0. The molecule has 10 fully saturated rings. The van der Waals surface area contributed by atoms with E-state index >= 15 is 33.7 Å². The zero-order valence-corrected chi connectivity index (χ0v) is 35.2. The Morgan fingerprint density at radius 1 is 0.377 bits per heavy atom. The number of hydrogen-bond acceptors (Lipinski definition) is 8. The molecule has 10 aliphatic heterocycles. The van der Waals surface area contributed by atoms with Crippen molar-refractivity contribution < 1.29 is 40.2 Å². The van der Waals surface area contributed by atoms with Gasteiger partial charge in [-0.3, -0.25) is 0 Å². The molecule has 4 aromatic rings. The van der Waals surface area contributed by atoms with Crippen LogP contribution in [-0.4, -0.2) is 41.8 Å². The molecule has 0 radical (unpaired) electrons. The molecule has 10 heterocycles. The number of aryl methyl sites for hydroxylation is 4. The molecule has 15 heteroatoms. The molecule has 53 heavy (non-hydrogen) atoms. The van der Waals surface area contributed by atoms with Crippen LogP contribution in [0.3, 0.4) is 0 Å². The predicted octanol–water partition coefficient (Wildman–Crippen LogP) is 8.94. The number of rotatable bonds is 10. The summed E-state index contributed by atoms with van der Waals surface area (Å²) in [7, 11) is -17.9. The summed E-state index contributed by atoms with van der Waals surface area (Å²) < 4.78 is 121. The van der Waals surface area contributed by atoms with Crippen LogP contribution >= 0.6 is 12.7 Å². The van der Waals surface area contributed by atoms with Crippen LogP contribution in [0, 0.1) is 27.7 Å². The van der Waals surface area contributed by atoms with Crippen LogP contribution in [0.25, 0.3) is 0 Å². The predicted molar refractivity (Wildman–Crippen MR) is 203 cm³/mol. The Labute approximate surface area is 301 Å². The van der Waals surface area contributed by atoms with Gasteiger partial charge >= 0.3 is 304 Å². The van der Waals surface area contributed by atoms with Gasteiger partial charge in [0.15, 0.2) is 0 Å². The molecule has 8 nitrogen and oxygen atoms in total. The molecule has 8 unspecified atom stereocenters. The molecule has 0 bridgehead atoms. The van der Waals surface area contributed by atoms with Gasteiger partial charge in [-0.1, -0.05) is 0 Å². The van der Waals surface area contributed by atoms with Gasteiger partial charge in [0.1, 0.15) is 0 Å². The standard InChI is InChI=1S/2C19H18O4PS2.Fe/c2*1-15-7-11-18(12-8-15)25(20,21)24(17-5-3-4-6-17)26(22,23)19-13-9-16(2)10-14-19;/h2*3-14H,1-2H3;. The van der Waals surface area contributed by atoms with E-state index in [1.807, 2.05) is 27.7 Å².